The van der Waals surface area contributed by atoms with Gasteiger partial charge in [-0.3, -0.25) is 9.79 Å². The van der Waals surface area contributed by atoms with Crippen molar-refractivity contribution in [2.75, 3.05) is 26.7 Å². The van der Waals surface area contributed by atoms with Crippen LogP contribution in [-0.2, 0) is 11.3 Å². The number of ether oxygens (including phenoxy) is 1. The first-order chi connectivity index (χ1) is 13.7. The second-order valence-electron chi connectivity index (χ2n) is 8.04. The zero-order chi connectivity index (χ0) is 21.4. The summed E-state index contributed by atoms with van der Waals surface area (Å²) in [6, 6.07) is 7.55. The van der Waals surface area contributed by atoms with Crippen LogP contribution < -0.4 is 16.0 Å². The van der Waals surface area contributed by atoms with Crippen molar-refractivity contribution in [1.29, 1.82) is 0 Å². The van der Waals surface area contributed by atoms with Gasteiger partial charge in [0.2, 0.25) is 0 Å². The average molecular weight is 531 g/mol. The summed E-state index contributed by atoms with van der Waals surface area (Å²) in [5.74, 6) is 0.691. The summed E-state index contributed by atoms with van der Waals surface area (Å²) in [6.45, 7) is 10.0. The molecule has 1 saturated heterocycles. The maximum Gasteiger partial charge on any atom is 0.407 e. The number of benzene rings is 1. The molecule has 1 aliphatic heterocycles. The van der Waals surface area contributed by atoms with Crippen molar-refractivity contribution in [2.24, 2.45) is 4.99 Å². The predicted molar refractivity (Wildman–Crippen MR) is 129 cm³/mol. The smallest absolute Gasteiger partial charge is 0.407 e. The molecule has 9 heteroatoms. The summed E-state index contributed by atoms with van der Waals surface area (Å²) in [6.07, 6.45) is 0.432. The number of guanidine groups is 1. The van der Waals surface area contributed by atoms with E-state index >= 15 is 0 Å². The summed E-state index contributed by atoms with van der Waals surface area (Å²) >= 11 is 0. The second-order valence-corrected chi connectivity index (χ2v) is 8.04. The monoisotopic (exact) mass is 531 g/mol. The Balaban J connectivity index is 0.00000450. The van der Waals surface area contributed by atoms with E-state index in [-0.39, 0.29) is 35.9 Å². The topological polar surface area (TPSA) is 95.1 Å². The Morgan fingerprint density at radius 1 is 1.27 bits per heavy atom. The fourth-order valence-electron chi connectivity index (χ4n) is 3.14. The maximum absolute atomic E-state index is 12.0. The van der Waals surface area contributed by atoms with Crippen LogP contribution in [-0.4, -0.2) is 61.2 Å². The van der Waals surface area contributed by atoms with E-state index in [2.05, 4.69) is 25.8 Å². The number of hydrogen-bond donors (Lipinski definition) is 3. The SMILES string of the molecule is CCNC(=O)c1cccc(CNC(=NC)N2CCC(NC(=O)OC(C)(C)C)C2)c1.I. The van der Waals surface area contributed by atoms with Crippen LogP contribution in [0.4, 0.5) is 4.79 Å². The first-order valence-electron chi connectivity index (χ1n) is 10.0. The lowest BCUT2D eigenvalue weighted by Gasteiger charge is -2.23. The Morgan fingerprint density at radius 3 is 2.63 bits per heavy atom. The van der Waals surface area contributed by atoms with Crippen molar-refractivity contribution in [1.82, 2.24) is 20.9 Å². The van der Waals surface area contributed by atoms with Gasteiger partial charge >= 0.3 is 6.09 Å². The van der Waals surface area contributed by atoms with Gasteiger partial charge in [0.25, 0.3) is 5.91 Å². The Morgan fingerprint density at radius 2 is 2.00 bits per heavy atom. The van der Waals surface area contributed by atoms with Crippen LogP contribution in [0.5, 0.6) is 0 Å². The van der Waals surface area contributed by atoms with Crippen molar-refractivity contribution in [3.63, 3.8) is 0 Å². The average Bonchev–Trinajstić information content (AvgIpc) is 3.09. The van der Waals surface area contributed by atoms with Crippen LogP contribution >= 0.6 is 24.0 Å². The lowest BCUT2D eigenvalue weighted by molar-refractivity contribution is 0.0507. The quantitative estimate of drug-likeness (QED) is 0.309. The zero-order valence-corrected chi connectivity index (χ0v) is 20.8. The number of alkyl carbamates (subject to hydrolysis) is 1. The van der Waals surface area contributed by atoms with Crippen molar-refractivity contribution >= 4 is 41.9 Å². The van der Waals surface area contributed by atoms with Gasteiger partial charge in [0.1, 0.15) is 5.60 Å². The number of nitrogens with zero attached hydrogens (tertiary/aromatic N) is 2. The predicted octanol–water partition coefficient (Wildman–Crippen LogP) is 2.73. The number of halogens is 1. The normalized spacial score (nSPS) is 16.5. The number of rotatable bonds is 5. The minimum absolute atomic E-state index is 0. The first kappa shape index (κ1) is 26.0. The summed E-state index contributed by atoms with van der Waals surface area (Å²) in [5, 5.41) is 9.07. The highest BCUT2D eigenvalue weighted by atomic mass is 127. The highest BCUT2D eigenvalue weighted by Crippen LogP contribution is 2.12. The van der Waals surface area contributed by atoms with Gasteiger partial charge in [0.15, 0.2) is 5.96 Å². The molecule has 1 heterocycles. The molecule has 168 valence electrons. The molecule has 30 heavy (non-hydrogen) atoms. The Bertz CT molecular complexity index is 748. The summed E-state index contributed by atoms with van der Waals surface area (Å²) < 4.78 is 5.33. The molecule has 3 N–H and O–H groups in total. The van der Waals surface area contributed by atoms with Gasteiger partial charge in [-0.15, -0.1) is 24.0 Å². The Kier molecular flexibility index (Phi) is 10.4. The maximum atomic E-state index is 12.0. The molecule has 0 aromatic heterocycles. The third-order valence-corrected chi connectivity index (χ3v) is 4.40. The number of hydrogen-bond acceptors (Lipinski definition) is 4. The number of carbonyl (C=O) groups is 2. The van der Waals surface area contributed by atoms with E-state index in [1.807, 2.05) is 45.9 Å². The summed E-state index contributed by atoms with van der Waals surface area (Å²) in [4.78, 5) is 30.4. The molecule has 1 aromatic carbocycles. The van der Waals surface area contributed by atoms with E-state index < -0.39 is 11.7 Å². The molecule has 1 atom stereocenters. The van der Waals surface area contributed by atoms with Crippen LogP contribution in [0.3, 0.4) is 0 Å². The molecule has 0 spiro atoms. The zero-order valence-electron chi connectivity index (χ0n) is 18.4. The standard InChI is InChI=1S/C21H33N5O3.HI/c1-6-23-18(27)16-9-7-8-15(12-16)13-24-19(22-5)26-11-10-17(14-26)25-20(28)29-21(2,3)4;/h7-9,12,17H,6,10-11,13-14H2,1-5H3,(H,22,24)(H,23,27)(H,25,28);1H. The van der Waals surface area contributed by atoms with E-state index in [4.69, 9.17) is 4.74 Å². The van der Waals surface area contributed by atoms with E-state index in [1.54, 1.807) is 13.1 Å². The molecule has 0 bridgehead atoms. The lowest BCUT2D eigenvalue weighted by atomic mass is 10.1. The highest BCUT2D eigenvalue weighted by Gasteiger charge is 2.27. The Labute approximate surface area is 196 Å². The van der Waals surface area contributed by atoms with Crippen molar-refractivity contribution in [2.45, 2.75) is 52.3 Å². The minimum atomic E-state index is -0.511. The number of likely N-dealkylation sites (tertiary alicyclic amines) is 1. The van der Waals surface area contributed by atoms with Gasteiger partial charge in [-0.25, -0.2) is 4.79 Å². The number of nitrogens with one attached hydrogen (secondary N) is 3. The second kappa shape index (κ2) is 12.0. The minimum Gasteiger partial charge on any atom is -0.444 e. The molecule has 8 nitrogen and oxygen atoms in total. The van der Waals surface area contributed by atoms with Gasteiger partial charge in [-0.1, -0.05) is 12.1 Å². The largest absolute Gasteiger partial charge is 0.444 e. The number of aliphatic imine (C=N–C) groups is 1. The van der Waals surface area contributed by atoms with Gasteiger partial charge in [0.05, 0.1) is 6.04 Å². The molecular formula is C21H34IN5O3. The third kappa shape index (κ3) is 8.37. The molecule has 0 saturated carbocycles. The molecule has 1 aliphatic rings. The van der Waals surface area contributed by atoms with E-state index in [0.29, 0.717) is 25.2 Å². The fourth-order valence-corrected chi connectivity index (χ4v) is 3.14. The molecule has 1 aromatic rings. The highest BCUT2D eigenvalue weighted by molar-refractivity contribution is 14.0. The summed E-state index contributed by atoms with van der Waals surface area (Å²) in [7, 11) is 1.74. The van der Waals surface area contributed by atoms with Crippen molar-refractivity contribution in [3.8, 4) is 0 Å². The van der Waals surface area contributed by atoms with Crippen molar-refractivity contribution < 1.29 is 14.3 Å². The lowest BCUT2D eigenvalue weighted by Crippen LogP contribution is -2.44. The van der Waals surface area contributed by atoms with Gasteiger partial charge in [-0.2, -0.15) is 0 Å². The van der Waals surface area contributed by atoms with Crippen molar-refractivity contribution in [3.05, 3.63) is 35.4 Å². The molecule has 1 fully saturated rings. The third-order valence-electron chi connectivity index (χ3n) is 4.40. The van der Waals surface area contributed by atoms with E-state index in [0.717, 1.165) is 24.5 Å². The molecular weight excluding hydrogens is 497 g/mol. The summed E-state index contributed by atoms with van der Waals surface area (Å²) in [5.41, 5.74) is 1.13. The molecule has 0 aliphatic carbocycles. The van der Waals surface area contributed by atoms with Crippen LogP contribution in [0.1, 0.15) is 50.0 Å². The number of carbonyl (C=O) groups excluding carboxylic acids is 2. The Hall–Kier alpha value is -2.04. The van der Waals surface area contributed by atoms with Gasteiger partial charge < -0.3 is 25.6 Å². The molecule has 2 amide bonds. The van der Waals surface area contributed by atoms with Gasteiger partial charge in [0, 0.05) is 38.8 Å². The molecule has 1 unspecified atom stereocenters. The molecule has 0 radical (unpaired) electrons. The number of amides is 2. The fraction of sp³-hybridized carbons (Fsp3) is 0.571. The van der Waals surface area contributed by atoms with Crippen LogP contribution in [0.25, 0.3) is 0 Å². The van der Waals surface area contributed by atoms with Crippen LogP contribution in [0.2, 0.25) is 0 Å². The van der Waals surface area contributed by atoms with E-state index in [9.17, 15) is 9.59 Å². The first-order valence-corrected chi connectivity index (χ1v) is 10.0. The molecule has 2 rings (SSSR count). The van der Waals surface area contributed by atoms with E-state index in [1.165, 1.54) is 0 Å². The van der Waals surface area contributed by atoms with Crippen LogP contribution in [0.15, 0.2) is 29.3 Å². The van der Waals surface area contributed by atoms with Gasteiger partial charge in [-0.05, 0) is 51.8 Å². The van der Waals surface area contributed by atoms with Crippen LogP contribution in [0, 0.1) is 0 Å².